The van der Waals surface area contributed by atoms with Crippen LogP contribution in [0.5, 0.6) is 0 Å². The van der Waals surface area contributed by atoms with Crippen LogP contribution in [0, 0.1) is 6.92 Å². The van der Waals surface area contributed by atoms with E-state index in [9.17, 15) is 13.2 Å². The summed E-state index contributed by atoms with van der Waals surface area (Å²) in [6.07, 6.45) is 1.32. The number of hydrogen-bond donors (Lipinski definition) is 1. The molecule has 1 N–H and O–H groups in total. The zero-order valence-electron chi connectivity index (χ0n) is 13.7. The Morgan fingerprint density at radius 2 is 1.62 bits per heavy atom. The summed E-state index contributed by atoms with van der Waals surface area (Å²) in [5.41, 5.74) is 2.93. The van der Waals surface area contributed by atoms with Crippen LogP contribution in [0.4, 0.5) is 0 Å². The second kappa shape index (κ2) is 7.93. The lowest BCUT2D eigenvalue weighted by Crippen LogP contribution is -2.30. The first-order valence-corrected chi connectivity index (χ1v) is 9.22. The number of rotatable bonds is 7. The van der Waals surface area contributed by atoms with Gasteiger partial charge in [0.25, 0.3) is 10.0 Å². The van der Waals surface area contributed by atoms with Gasteiger partial charge in [0.1, 0.15) is 0 Å². The summed E-state index contributed by atoms with van der Waals surface area (Å²) in [6, 6.07) is 16.1. The highest BCUT2D eigenvalue weighted by molar-refractivity contribution is 7.90. The Balaban J connectivity index is 1.85. The second-order valence-corrected chi connectivity index (χ2v) is 7.35. The Bertz CT molecular complexity index is 809. The third-order valence-corrected chi connectivity index (χ3v) is 5.03. The lowest BCUT2D eigenvalue weighted by molar-refractivity contribution is -0.119. The van der Waals surface area contributed by atoms with Gasteiger partial charge in [0.15, 0.2) is 0 Å². The van der Waals surface area contributed by atoms with E-state index in [1.165, 1.54) is 12.1 Å². The molecular weight excluding hydrogens is 322 g/mol. The highest BCUT2D eigenvalue weighted by Gasteiger charge is 2.17. The molecule has 0 aliphatic rings. The molecule has 0 aliphatic carbocycles. The SMILES string of the molecule is C=C(CCCC(=O)NS(=O)(=O)c1ccc(C)cc1)c1ccccc1. The molecule has 0 fully saturated rings. The van der Waals surface area contributed by atoms with Crippen molar-refractivity contribution in [1.29, 1.82) is 0 Å². The molecule has 0 heterocycles. The average molecular weight is 343 g/mol. The van der Waals surface area contributed by atoms with Gasteiger partial charge in [-0.1, -0.05) is 54.6 Å². The zero-order chi connectivity index (χ0) is 17.6. The normalized spacial score (nSPS) is 11.0. The molecule has 0 aliphatic heterocycles. The summed E-state index contributed by atoms with van der Waals surface area (Å²) < 4.78 is 26.4. The number of hydrogen-bond acceptors (Lipinski definition) is 3. The molecule has 4 nitrogen and oxygen atoms in total. The molecule has 0 saturated carbocycles. The number of sulfonamides is 1. The minimum absolute atomic E-state index is 0.0927. The van der Waals surface area contributed by atoms with Crippen LogP contribution in [0.15, 0.2) is 66.1 Å². The number of carbonyl (C=O) groups is 1. The Kier molecular flexibility index (Phi) is 5.93. The number of carbonyl (C=O) groups excluding carboxylic acids is 1. The predicted octanol–water partition coefficient (Wildman–Crippen LogP) is 3.68. The summed E-state index contributed by atoms with van der Waals surface area (Å²) >= 11 is 0. The third kappa shape index (κ3) is 5.06. The van der Waals surface area contributed by atoms with E-state index < -0.39 is 15.9 Å². The van der Waals surface area contributed by atoms with Gasteiger partial charge < -0.3 is 0 Å². The van der Waals surface area contributed by atoms with Crippen LogP contribution in [-0.2, 0) is 14.8 Å². The molecule has 5 heteroatoms. The summed E-state index contributed by atoms with van der Waals surface area (Å²) in [4.78, 5) is 12.0. The summed E-state index contributed by atoms with van der Waals surface area (Å²) in [6.45, 7) is 5.87. The molecule has 126 valence electrons. The molecule has 2 aromatic rings. The number of aryl methyl sites for hydroxylation is 1. The van der Waals surface area contributed by atoms with E-state index in [4.69, 9.17) is 0 Å². The van der Waals surface area contributed by atoms with Crippen LogP contribution in [0.3, 0.4) is 0 Å². The van der Waals surface area contributed by atoms with Crippen molar-refractivity contribution in [2.45, 2.75) is 31.1 Å². The molecule has 0 bridgehead atoms. The Morgan fingerprint density at radius 3 is 2.25 bits per heavy atom. The summed E-state index contributed by atoms with van der Waals surface area (Å²) in [5, 5.41) is 0. The first-order chi connectivity index (χ1) is 11.4. The largest absolute Gasteiger partial charge is 0.274 e. The minimum atomic E-state index is -3.80. The van der Waals surface area contributed by atoms with Gasteiger partial charge in [-0.25, -0.2) is 13.1 Å². The fraction of sp³-hybridized carbons (Fsp3) is 0.211. The van der Waals surface area contributed by atoms with Crippen LogP contribution in [-0.4, -0.2) is 14.3 Å². The van der Waals surface area contributed by atoms with Crippen molar-refractivity contribution in [2.75, 3.05) is 0 Å². The van der Waals surface area contributed by atoms with Crippen LogP contribution >= 0.6 is 0 Å². The van der Waals surface area contributed by atoms with Gasteiger partial charge in [0.05, 0.1) is 4.90 Å². The monoisotopic (exact) mass is 343 g/mol. The Hall–Kier alpha value is -2.40. The fourth-order valence-electron chi connectivity index (χ4n) is 2.26. The lowest BCUT2D eigenvalue weighted by Gasteiger charge is -2.08. The molecule has 24 heavy (non-hydrogen) atoms. The maximum Gasteiger partial charge on any atom is 0.264 e. The molecule has 2 rings (SSSR count). The van der Waals surface area contributed by atoms with Gasteiger partial charge in [0, 0.05) is 6.42 Å². The molecule has 2 aromatic carbocycles. The van der Waals surface area contributed by atoms with Gasteiger partial charge >= 0.3 is 0 Å². The first kappa shape index (κ1) is 17.9. The average Bonchev–Trinajstić information content (AvgIpc) is 2.55. The standard InChI is InChI=1S/C19H21NO3S/c1-15-11-13-18(14-12-15)24(22,23)20-19(21)10-6-7-16(2)17-8-4-3-5-9-17/h3-5,8-9,11-14H,2,6-7,10H2,1H3,(H,20,21). The molecule has 0 unspecified atom stereocenters. The Morgan fingerprint density at radius 1 is 1.00 bits per heavy atom. The van der Waals surface area contributed by atoms with Gasteiger partial charge in [-0.05, 0) is 43.0 Å². The van der Waals surface area contributed by atoms with Crippen LogP contribution in [0.2, 0.25) is 0 Å². The summed E-state index contributed by atoms with van der Waals surface area (Å²) in [7, 11) is -3.80. The maximum atomic E-state index is 12.1. The topological polar surface area (TPSA) is 63.2 Å². The van der Waals surface area contributed by atoms with Gasteiger partial charge in [-0.15, -0.1) is 0 Å². The molecule has 0 aromatic heterocycles. The van der Waals surface area contributed by atoms with Gasteiger partial charge in [0.2, 0.25) is 5.91 Å². The molecule has 0 saturated heterocycles. The molecule has 0 spiro atoms. The minimum Gasteiger partial charge on any atom is -0.274 e. The highest BCUT2D eigenvalue weighted by atomic mass is 32.2. The van der Waals surface area contributed by atoms with Crippen LogP contribution in [0.25, 0.3) is 5.57 Å². The van der Waals surface area contributed by atoms with E-state index in [1.807, 2.05) is 37.3 Å². The van der Waals surface area contributed by atoms with Crippen molar-refractivity contribution < 1.29 is 13.2 Å². The maximum absolute atomic E-state index is 12.1. The van der Waals surface area contributed by atoms with Gasteiger partial charge in [-0.2, -0.15) is 0 Å². The van der Waals surface area contributed by atoms with E-state index in [-0.39, 0.29) is 11.3 Å². The van der Waals surface area contributed by atoms with Crippen molar-refractivity contribution in [2.24, 2.45) is 0 Å². The quantitative estimate of drug-likeness (QED) is 0.834. The number of amides is 1. The van der Waals surface area contributed by atoms with E-state index in [0.717, 1.165) is 16.7 Å². The molecular formula is C19H21NO3S. The lowest BCUT2D eigenvalue weighted by atomic mass is 10.0. The number of allylic oxidation sites excluding steroid dienone is 1. The zero-order valence-corrected chi connectivity index (χ0v) is 14.5. The van der Waals surface area contributed by atoms with E-state index in [1.54, 1.807) is 12.1 Å². The van der Waals surface area contributed by atoms with E-state index in [2.05, 4.69) is 11.3 Å². The van der Waals surface area contributed by atoms with E-state index in [0.29, 0.717) is 12.8 Å². The Labute approximate surface area is 143 Å². The third-order valence-electron chi connectivity index (χ3n) is 3.64. The van der Waals surface area contributed by atoms with Gasteiger partial charge in [-0.3, -0.25) is 4.79 Å². The fourth-order valence-corrected chi connectivity index (χ4v) is 3.27. The van der Waals surface area contributed by atoms with Crippen molar-refractivity contribution in [1.82, 2.24) is 4.72 Å². The van der Waals surface area contributed by atoms with Crippen LogP contribution < -0.4 is 4.72 Å². The summed E-state index contributed by atoms with van der Waals surface area (Å²) in [5.74, 6) is -0.503. The predicted molar refractivity (Wildman–Crippen MR) is 95.8 cm³/mol. The highest BCUT2D eigenvalue weighted by Crippen LogP contribution is 2.18. The first-order valence-electron chi connectivity index (χ1n) is 7.74. The van der Waals surface area contributed by atoms with Crippen molar-refractivity contribution >= 4 is 21.5 Å². The number of nitrogens with one attached hydrogen (secondary N) is 1. The number of benzene rings is 2. The van der Waals surface area contributed by atoms with Crippen molar-refractivity contribution in [3.8, 4) is 0 Å². The molecule has 0 radical (unpaired) electrons. The molecule has 0 atom stereocenters. The van der Waals surface area contributed by atoms with Crippen LogP contribution in [0.1, 0.15) is 30.4 Å². The van der Waals surface area contributed by atoms with Crippen molar-refractivity contribution in [3.05, 3.63) is 72.3 Å². The smallest absolute Gasteiger partial charge is 0.264 e. The molecule has 1 amide bonds. The second-order valence-electron chi connectivity index (χ2n) is 5.66. The van der Waals surface area contributed by atoms with Crippen molar-refractivity contribution in [3.63, 3.8) is 0 Å². The van der Waals surface area contributed by atoms with E-state index >= 15 is 0 Å².